The molecule has 2 aromatic carbocycles. The lowest BCUT2D eigenvalue weighted by Gasteiger charge is -2.23. The smallest absolute Gasteiger partial charge is 0.294 e. The van der Waals surface area contributed by atoms with Gasteiger partial charge in [-0.05, 0) is 92.7 Å². The van der Waals surface area contributed by atoms with Crippen LogP contribution in [0.4, 0.5) is 0 Å². The van der Waals surface area contributed by atoms with Crippen molar-refractivity contribution in [1.29, 1.82) is 0 Å². The van der Waals surface area contributed by atoms with Gasteiger partial charge in [0.15, 0.2) is 0 Å². The number of hydrogen-bond donors (Lipinski definition) is 1. The van der Waals surface area contributed by atoms with Crippen LogP contribution >= 0.6 is 0 Å². The molecule has 3 atom stereocenters. The van der Waals surface area contributed by atoms with E-state index in [2.05, 4.69) is 192 Å². The molecule has 3 aromatic rings. The quantitative estimate of drug-likeness (QED) is 0.178. The van der Waals surface area contributed by atoms with Crippen LogP contribution in [0.1, 0.15) is 116 Å². The van der Waals surface area contributed by atoms with Crippen LogP contribution in [0.5, 0.6) is 0 Å². The minimum atomic E-state index is 0.335. The third-order valence-corrected chi connectivity index (χ3v) is 10.7. The number of dihydropyridines is 1. The largest absolute Gasteiger partial charge is 0.381 e. The number of hydrogen-bond acceptors (Lipinski definition) is 1. The van der Waals surface area contributed by atoms with Crippen LogP contribution in [0.15, 0.2) is 132 Å². The first-order valence-corrected chi connectivity index (χ1v) is 19.0. The summed E-state index contributed by atoms with van der Waals surface area (Å²) in [5.41, 5.74) is 12.3. The fourth-order valence-corrected chi connectivity index (χ4v) is 7.26. The van der Waals surface area contributed by atoms with Crippen LogP contribution < -0.4 is 9.88 Å². The maximum atomic E-state index is 3.36. The SMILES string of the molecule is C1=CCCC(C2=CC=CCN2)=C1.CC=CC(C)[C@H](C)[n+]1ccn(-c2c(C(C)C)cc(-c3ccccc3)cc2C(C)C)c1C1=C(C)C(C)CC=C1. The summed E-state index contributed by atoms with van der Waals surface area (Å²) < 4.78 is 5.03. The summed E-state index contributed by atoms with van der Waals surface area (Å²) in [4.78, 5) is 0. The number of rotatable bonds is 9. The average Bonchev–Trinajstić information content (AvgIpc) is 3.57. The molecule has 6 rings (SSSR count). The first kappa shape index (κ1) is 36.9. The predicted octanol–water partition coefficient (Wildman–Crippen LogP) is 12.1. The summed E-state index contributed by atoms with van der Waals surface area (Å²) in [6.07, 6.45) is 30.3. The zero-order valence-corrected chi connectivity index (χ0v) is 32.1. The standard InChI is InChI=1S/C36H47N2.C11H13N/c1-10-15-27(7)29(9)37-20-21-38(36(37)32-19-14-16-26(6)28(32)8)35-33(24(2)3)22-31(23-34(35)25(4)5)30-17-12-11-13-18-30;1-2-6-10(7-3-1)11-8-4-5-9-12-11/h10-15,17-27,29H,16H2,1-9H3;1-2,4-6,8,12H,3,7,9H2/q+1;/t26?,27?,29-;/m0./s1. The van der Waals surface area contributed by atoms with Gasteiger partial charge < -0.3 is 5.32 Å². The van der Waals surface area contributed by atoms with Crippen molar-refractivity contribution in [3.63, 3.8) is 0 Å². The predicted molar refractivity (Wildman–Crippen MR) is 215 cm³/mol. The van der Waals surface area contributed by atoms with Gasteiger partial charge in [0.1, 0.15) is 24.1 Å². The number of nitrogens with zero attached hydrogens (tertiary/aromatic N) is 2. The molecule has 0 radical (unpaired) electrons. The number of aromatic nitrogens is 2. The second-order valence-corrected chi connectivity index (χ2v) is 14.9. The Morgan fingerprint density at radius 1 is 0.880 bits per heavy atom. The number of benzene rings is 2. The summed E-state index contributed by atoms with van der Waals surface area (Å²) >= 11 is 0. The lowest BCUT2D eigenvalue weighted by molar-refractivity contribution is -0.725. The van der Waals surface area contributed by atoms with Crippen molar-refractivity contribution < 1.29 is 4.57 Å². The number of allylic oxidation sites excluding steroid dienone is 12. The molecule has 2 heterocycles. The van der Waals surface area contributed by atoms with E-state index in [1.807, 2.05) is 0 Å². The Morgan fingerprint density at radius 2 is 1.58 bits per heavy atom. The van der Waals surface area contributed by atoms with Gasteiger partial charge in [0.25, 0.3) is 5.82 Å². The third-order valence-electron chi connectivity index (χ3n) is 10.7. The van der Waals surface area contributed by atoms with E-state index in [9.17, 15) is 0 Å². The fourth-order valence-electron chi connectivity index (χ4n) is 7.26. The lowest BCUT2D eigenvalue weighted by atomic mass is 9.87. The minimum absolute atomic E-state index is 0.335. The molecule has 0 amide bonds. The summed E-state index contributed by atoms with van der Waals surface area (Å²) in [5.74, 6) is 3.06. The van der Waals surface area contributed by atoms with Crippen LogP contribution in [0, 0.1) is 11.8 Å². The second kappa shape index (κ2) is 17.0. The molecule has 0 bridgehead atoms. The molecule has 262 valence electrons. The van der Waals surface area contributed by atoms with Gasteiger partial charge in [0.2, 0.25) is 0 Å². The van der Waals surface area contributed by atoms with Crippen molar-refractivity contribution in [1.82, 2.24) is 9.88 Å². The van der Waals surface area contributed by atoms with E-state index >= 15 is 0 Å². The molecular formula is C47H60N3+. The molecule has 1 aromatic heterocycles. The Hall–Kier alpha value is -4.37. The van der Waals surface area contributed by atoms with Crippen LogP contribution in [-0.2, 0) is 0 Å². The van der Waals surface area contributed by atoms with E-state index < -0.39 is 0 Å². The van der Waals surface area contributed by atoms with Gasteiger partial charge in [0.05, 0.1) is 5.57 Å². The van der Waals surface area contributed by atoms with Crippen LogP contribution in [-0.4, -0.2) is 11.1 Å². The molecular weight excluding hydrogens is 607 g/mol. The van der Waals surface area contributed by atoms with Gasteiger partial charge in [0, 0.05) is 29.3 Å². The third kappa shape index (κ3) is 8.32. The zero-order valence-electron chi connectivity index (χ0n) is 32.1. The van der Waals surface area contributed by atoms with Crippen molar-refractivity contribution in [2.75, 3.05) is 6.54 Å². The number of nitrogens with one attached hydrogen (secondary N) is 1. The second-order valence-electron chi connectivity index (χ2n) is 14.9. The molecule has 1 aliphatic heterocycles. The van der Waals surface area contributed by atoms with Crippen molar-refractivity contribution in [3.8, 4) is 16.8 Å². The maximum absolute atomic E-state index is 3.36. The normalized spacial score (nSPS) is 18.6. The van der Waals surface area contributed by atoms with E-state index in [0.29, 0.717) is 29.7 Å². The van der Waals surface area contributed by atoms with Crippen LogP contribution in [0.2, 0.25) is 0 Å². The van der Waals surface area contributed by atoms with Crippen molar-refractivity contribution in [2.45, 2.75) is 99.5 Å². The monoisotopic (exact) mass is 666 g/mol. The molecule has 0 spiro atoms. The summed E-state index contributed by atoms with van der Waals surface area (Å²) in [6.45, 7) is 21.8. The summed E-state index contributed by atoms with van der Waals surface area (Å²) in [6, 6.07) is 16.0. The Bertz CT molecular complexity index is 1770. The van der Waals surface area contributed by atoms with Crippen molar-refractivity contribution in [2.24, 2.45) is 11.8 Å². The van der Waals surface area contributed by atoms with E-state index in [1.54, 1.807) is 0 Å². The Balaban J connectivity index is 0.000000338. The van der Waals surface area contributed by atoms with Gasteiger partial charge in [-0.15, -0.1) is 0 Å². The van der Waals surface area contributed by atoms with Crippen LogP contribution in [0.25, 0.3) is 22.4 Å². The minimum Gasteiger partial charge on any atom is -0.381 e. The highest BCUT2D eigenvalue weighted by Crippen LogP contribution is 2.39. The highest BCUT2D eigenvalue weighted by Gasteiger charge is 2.33. The molecule has 2 unspecified atom stereocenters. The van der Waals surface area contributed by atoms with Gasteiger partial charge in [-0.2, -0.15) is 4.57 Å². The van der Waals surface area contributed by atoms with Gasteiger partial charge >= 0.3 is 0 Å². The number of imidazole rings is 1. The molecule has 50 heavy (non-hydrogen) atoms. The van der Waals surface area contributed by atoms with Gasteiger partial charge in [-0.3, -0.25) is 0 Å². The van der Waals surface area contributed by atoms with Gasteiger partial charge in [-0.25, -0.2) is 4.57 Å². The molecule has 0 fully saturated rings. The van der Waals surface area contributed by atoms with Gasteiger partial charge in [-0.1, -0.05) is 132 Å². The van der Waals surface area contributed by atoms with E-state index in [4.69, 9.17) is 0 Å². The van der Waals surface area contributed by atoms with Crippen molar-refractivity contribution in [3.05, 3.63) is 149 Å². The summed E-state index contributed by atoms with van der Waals surface area (Å²) in [5, 5.41) is 3.36. The molecule has 3 heteroatoms. The Labute approximate surface area is 303 Å². The van der Waals surface area contributed by atoms with Crippen molar-refractivity contribution >= 4 is 5.57 Å². The first-order valence-electron chi connectivity index (χ1n) is 19.0. The summed E-state index contributed by atoms with van der Waals surface area (Å²) in [7, 11) is 0. The fraction of sp³-hybridized carbons (Fsp3) is 0.383. The molecule has 3 nitrogen and oxygen atoms in total. The zero-order chi connectivity index (χ0) is 35.8. The molecule has 0 saturated carbocycles. The first-order chi connectivity index (χ1) is 24.1. The maximum Gasteiger partial charge on any atom is 0.294 e. The highest BCUT2D eigenvalue weighted by molar-refractivity contribution is 5.76. The van der Waals surface area contributed by atoms with E-state index in [0.717, 1.165) is 13.0 Å². The lowest BCUT2D eigenvalue weighted by Crippen LogP contribution is -2.43. The average molecular weight is 667 g/mol. The molecule has 1 N–H and O–H groups in total. The Morgan fingerprint density at radius 3 is 2.18 bits per heavy atom. The Kier molecular flexibility index (Phi) is 12.6. The molecule has 3 aliphatic rings. The van der Waals surface area contributed by atoms with E-state index in [1.165, 1.54) is 69.0 Å². The molecule has 0 saturated heterocycles. The van der Waals surface area contributed by atoms with Crippen LogP contribution in [0.3, 0.4) is 0 Å². The molecule has 2 aliphatic carbocycles. The van der Waals surface area contributed by atoms with E-state index in [-0.39, 0.29) is 0 Å². The highest BCUT2D eigenvalue weighted by atomic mass is 15.2. The topological polar surface area (TPSA) is 20.8 Å².